The number of methoxy groups -OCH3 is 1. The summed E-state index contributed by atoms with van der Waals surface area (Å²) in [6, 6.07) is 15.3. The second-order valence-electron chi connectivity index (χ2n) is 12.0. The molecule has 5 unspecified atom stereocenters. The maximum atomic E-state index is 13.6. The minimum atomic E-state index is -1.18. The summed E-state index contributed by atoms with van der Waals surface area (Å²) in [6.45, 7) is 1.97. The fraction of sp³-hybridized carbons (Fsp3) is 0.273. The van der Waals surface area contributed by atoms with E-state index >= 15 is 0 Å². The summed E-state index contributed by atoms with van der Waals surface area (Å²) in [5, 5.41) is 17.4. The largest absolute Gasteiger partial charge is 0.416 e. The topological polar surface area (TPSA) is 133 Å². The summed E-state index contributed by atoms with van der Waals surface area (Å²) >= 11 is 0. The summed E-state index contributed by atoms with van der Waals surface area (Å²) in [7, 11) is 3.30. The monoisotopic (exact) mass is 604 g/mol. The zero-order valence-corrected chi connectivity index (χ0v) is 24.6. The van der Waals surface area contributed by atoms with Crippen molar-refractivity contribution >= 4 is 55.6 Å². The maximum absolute atomic E-state index is 13.6. The molecule has 6 aromatic rings. The van der Waals surface area contributed by atoms with Crippen LogP contribution in [-0.4, -0.2) is 67.4 Å². The molecule has 1 fully saturated rings. The summed E-state index contributed by atoms with van der Waals surface area (Å²) in [5.74, 6) is -0.230. The number of likely N-dealkylation sites (N-methyl/N-ethyl adjacent to an activating group) is 1. The number of para-hydroxylation sites is 2. The molecule has 0 spiro atoms. The van der Waals surface area contributed by atoms with Gasteiger partial charge in [-0.05, 0) is 19.1 Å². The van der Waals surface area contributed by atoms with E-state index in [0.717, 1.165) is 43.6 Å². The Balaban J connectivity index is 1.38. The third kappa shape index (κ3) is 3.25. The Kier molecular flexibility index (Phi) is 5.28. The number of fused-ring (bicyclic) bond motifs is 13. The Hall–Kier alpha value is -5.04. The molecule has 1 saturated heterocycles. The second-order valence-corrected chi connectivity index (χ2v) is 12.0. The van der Waals surface area contributed by atoms with E-state index < -0.39 is 36.4 Å². The van der Waals surface area contributed by atoms with Gasteiger partial charge in [-0.1, -0.05) is 36.4 Å². The number of carbonyl (C=O) groups is 2. The average molecular weight is 605 g/mol. The molecule has 2 amide bonds. The summed E-state index contributed by atoms with van der Waals surface area (Å²) in [5.41, 5.74) is 3.26. The molecule has 6 heterocycles. The van der Waals surface area contributed by atoms with E-state index in [4.69, 9.17) is 14.2 Å². The van der Waals surface area contributed by atoms with Crippen LogP contribution in [0.15, 0.2) is 67.1 Å². The van der Waals surface area contributed by atoms with Crippen molar-refractivity contribution in [1.82, 2.24) is 29.3 Å². The first kappa shape index (κ1) is 26.4. The van der Waals surface area contributed by atoms with Crippen LogP contribution in [0.2, 0.25) is 0 Å². The molecule has 0 radical (unpaired) electrons. The van der Waals surface area contributed by atoms with Crippen molar-refractivity contribution < 1.29 is 28.9 Å². The number of aliphatic hydroxyl groups is 1. The normalized spacial score (nSPS) is 25.2. The molecule has 45 heavy (non-hydrogen) atoms. The maximum Gasteiger partial charge on any atom is 0.416 e. The van der Waals surface area contributed by atoms with E-state index in [-0.39, 0.29) is 11.8 Å². The summed E-state index contributed by atoms with van der Waals surface area (Å²) in [4.78, 5) is 36.8. The molecule has 0 saturated carbocycles. The zero-order chi connectivity index (χ0) is 30.8. The van der Waals surface area contributed by atoms with E-state index in [0.29, 0.717) is 17.5 Å². The number of hydrogen-bond acceptors (Lipinski definition) is 8. The molecule has 3 aromatic carbocycles. The lowest BCUT2D eigenvalue weighted by Gasteiger charge is -2.50. The average Bonchev–Trinajstić information content (AvgIpc) is 3.65. The smallest absolute Gasteiger partial charge is 0.389 e. The van der Waals surface area contributed by atoms with Crippen molar-refractivity contribution in [3.63, 3.8) is 0 Å². The standard InChI is InChI=1S/C33H28N6O6/c1-33-29(43-3)20(37(2)32(42)44-21-15-34-12-13-35-21)14-22(45-33)38-18-10-6-4-8-16(18)23-25-26(31(41)36-30(25)40)24-17-9-5-7-11-19(17)39(33)28(24)27(23)38/h4-13,15,20,22,29,31,41H,14H2,1-3H3,(H,36,40). The Labute approximate surface area is 255 Å². The lowest BCUT2D eigenvalue weighted by Crippen LogP contribution is -2.61. The number of nitrogens with one attached hydrogen (secondary N) is 1. The molecule has 3 aliphatic rings. The number of amides is 2. The van der Waals surface area contributed by atoms with Crippen LogP contribution < -0.4 is 10.1 Å². The molecule has 2 bridgehead atoms. The van der Waals surface area contributed by atoms with Gasteiger partial charge in [-0.2, -0.15) is 0 Å². The first-order valence-electron chi connectivity index (χ1n) is 14.8. The van der Waals surface area contributed by atoms with Crippen LogP contribution in [0.3, 0.4) is 0 Å². The molecule has 5 atom stereocenters. The molecular weight excluding hydrogens is 576 g/mol. The molecule has 12 heteroatoms. The summed E-state index contributed by atoms with van der Waals surface area (Å²) < 4.78 is 23.3. The molecule has 12 nitrogen and oxygen atoms in total. The Morgan fingerprint density at radius 2 is 1.82 bits per heavy atom. The Morgan fingerprint density at radius 3 is 2.56 bits per heavy atom. The molecule has 0 aliphatic carbocycles. The van der Waals surface area contributed by atoms with E-state index in [9.17, 15) is 14.7 Å². The third-order valence-electron chi connectivity index (χ3n) is 9.76. The molecule has 226 valence electrons. The molecule has 2 N–H and O–H groups in total. The van der Waals surface area contributed by atoms with Crippen molar-refractivity contribution in [2.45, 2.75) is 43.7 Å². The number of aromatic nitrogens is 4. The van der Waals surface area contributed by atoms with Crippen molar-refractivity contribution in [3.05, 3.63) is 78.2 Å². The SMILES string of the molecule is COC1C(N(C)C(=O)Oc2cnccn2)CC2OC1(C)n1c3ccccc3c3c4c(c5c6ccccc6n2c5c31)C(=O)NC4O. The van der Waals surface area contributed by atoms with Crippen molar-refractivity contribution in [1.29, 1.82) is 0 Å². The van der Waals surface area contributed by atoms with Gasteiger partial charge in [-0.3, -0.25) is 9.78 Å². The minimum absolute atomic E-state index is 0.0917. The lowest BCUT2D eigenvalue weighted by atomic mass is 9.92. The van der Waals surface area contributed by atoms with Crippen LogP contribution in [0, 0.1) is 0 Å². The van der Waals surface area contributed by atoms with Gasteiger partial charge in [-0.15, -0.1) is 0 Å². The Bertz CT molecular complexity index is 2250. The molecule has 3 aliphatic heterocycles. The summed E-state index contributed by atoms with van der Waals surface area (Å²) in [6.07, 6.45) is 1.72. The van der Waals surface area contributed by atoms with Gasteiger partial charge in [0.05, 0.1) is 39.9 Å². The van der Waals surface area contributed by atoms with Gasteiger partial charge in [0.1, 0.15) is 12.3 Å². The fourth-order valence-corrected chi connectivity index (χ4v) is 8.07. The quantitative estimate of drug-likeness (QED) is 0.301. The van der Waals surface area contributed by atoms with Crippen LogP contribution in [0.4, 0.5) is 4.79 Å². The predicted molar refractivity (Wildman–Crippen MR) is 164 cm³/mol. The van der Waals surface area contributed by atoms with Crippen molar-refractivity contribution in [3.8, 4) is 5.88 Å². The number of hydrogen-bond donors (Lipinski definition) is 2. The molecule has 9 rings (SSSR count). The van der Waals surface area contributed by atoms with Crippen molar-refractivity contribution in [2.24, 2.45) is 0 Å². The first-order valence-corrected chi connectivity index (χ1v) is 14.8. The van der Waals surface area contributed by atoms with E-state index in [1.807, 2.05) is 55.5 Å². The van der Waals surface area contributed by atoms with Gasteiger partial charge >= 0.3 is 6.09 Å². The van der Waals surface area contributed by atoms with Crippen LogP contribution in [0.5, 0.6) is 5.88 Å². The highest BCUT2D eigenvalue weighted by molar-refractivity contribution is 6.31. The van der Waals surface area contributed by atoms with Gasteiger partial charge in [-0.25, -0.2) is 9.78 Å². The second kappa shape index (κ2) is 9.00. The highest BCUT2D eigenvalue weighted by Gasteiger charge is 2.55. The third-order valence-corrected chi connectivity index (χ3v) is 9.76. The van der Waals surface area contributed by atoms with E-state index in [1.54, 1.807) is 14.2 Å². The minimum Gasteiger partial charge on any atom is -0.389 e. The van der Waals surface area contributed by atoms with Crippen LogP contribution in [0.25, 0.3) is 43.6 Å². The van der Waals surface area contributed by atoms with Gasteiger partial charge in [0, 0.05) is 60.1 Å². The zero-order valence-electron chi connectivity index (χ0n) is 24.6. The number of benzene rings is 3. The molecule has 3 aromatic heterocycles. The lowest BCUT2D eigenvalue weighted by molar-refractivity contribution is -0.264. The van der Waals surface area contributed by atoms with E-state index in [2.05, 4.69) is 24.4 Å². The molecular formula is C33H28N6O6. The number of aliphatic hydroxyl groups excluding tert-OH is 1. The van der Waals surface area contributed by atoms with Crippen LogP contribution in [-0.2, 0) is 15.2 Å². The first-order chi connectivity index (χ1) is 21.8. The highest BCUT2D eigenvalue weighted by Crippen LogP contribution is 2.55. The number of nitrogens with zero attached hydrogens (tertiary/aromatic N) is 5. The number of carbonyl (C=O) groups excluding carboxylic acids is 2. The van der Waals surface area contributed by atoms with Crippen LogP contribution in [0.1, 0.15) is 41.7 Å². The number of rotatable bonds is 3. The van der Waals surface area contributed by atoms with Crippen molar-refractivity contribution in [2.75, 3.05) is 14.2 Å². The van der Waals surface area contributed by atoms with Gasteiger partial charge in [0.25, 0.3) is 5.91 Å². The fourth-order valence-electron chi connectivity index (χ4n) is 8.07. The van der Waals surface area contributed by atoms with Gasteiger partial charge in [0.2, 0.25) is 5.88 Å². The van der Waals surface area contributed by atoms with E-state index in [1.165, 1.54) is 23.5 Å². The van der Waals surface area contributed by atoms with Gasteiger partial charge in [0.15, 0.2) is 12.0 Å². The predicted octanol–water partition coefficient (Wildman–Crippen LogP) is 4.55. The Morgan fingerprint density at radius 1 is 1.09 bits per heavy atom. The number of ether oxygens (including phenoxy) is 3. The van der Waals surface area contributed by atoms with Gasteiger partial charge < -0.3 is 38.7 Å². The highest BCUT2D eigenvalue weighted by atomic mass is 16.6. The van der Waals surface area contributed by atoms with Crippen LogP contribution >= 0.6 is 0 Å².